The van der Waals surface area contributed by atoms with Crippen molar-refractivity contribution < 1.29 is 9.59 Å². The Morgan fingerprint density at radius 2 is 1.76 bits per heavy atom. The molecule has 2 rings (SSSR count). The van der Waals surface area contributed by atoms with Gasteiger partial charge in [0.05, 0.1) is 0 Å². The minimum Gasteiger partial charge on any atom is -0.348 e. The molecule has 0 bridgehead atoms. The van der Waals surface area contributed by atoms with Crippen LogP contribution in [-0.4, -0.2) is 11.8 Å². The lowest BCUT2D eigenvalue weighted by Crippen LogP contribution is -2.22. The second-order valence-corrected chi connectivity index (χ2v) is 4.93. The van der Waals surface area contributed by atoms with Crippen LogP contribution in [-0.2, 0) is 11.3 Å². The highest BCUT2D eigenvalue weighted by molar-refractivity contribution is 5.96. The van der Waals surface area contributed by atoms with E-state index in [1.54, 1.807) is 24.3 Å². The number of rotatable bonds is 4. The maximum absolute atomic E-state index is 12.1. The normalized spacial score (nSPS) is 10.0. The molecule has 2 N–H and O–H groups in total. The number of hydrogen-bond acceptors (Lipinski definition) is 2. The number of anilines is 1. The van der Waals surface area contributed by atoms with Gasteiger partial charge in [-0.2, -0.15) is 0 Å². The monoisotopic (exact) mass is 282 g/mol. The van der Waals surface area contributed by atoms with Gasteiger partial charge in [0.25, 0.3) is 5.91 Å². The van der Waals surface area contributed by atoms with Crippen LogP contribution in [0.4, 0.5) is 5.69 Å². The molecule has 0 fully saturated rings. The van der Waals surface area contributed by atoms with E-state index in [1.807, 2.05) is 31.2 Å². The third kappa shape index (κ3) is 4.45. The van der Waals surface area contributed by atoms with E-state index < -0.39 is 0 Å². The molecule has 0 aliphatic rings. The highest BCUT2D eigenvalue weighted by Crippen LogP contribution is 2.11. The Hall–Kier alpha value is -2.62. The highest BCUT2D eigenvalue weighted by Gasteiger charge is 2.06. The Bertz CT molecular complexity index is 648. The van der Waals surface area contributed by atoms with Crippen LogP contribution in [0, 0.1) is 6.92 Å². The standard InChI is InChI=1S/C17H18N2O2/c1-12-6-8-14(9-7-12)11-18-17(21)15-4-3-5-16(10-15)19-13(2)20/h3-10H,11H2,1-2H3,(H,18,21)(H,19,20). The maximum Gasteiger partial charge on any atom is 0.251 e. The molecule has 108 valence electrons. The summed E-state index contributed by atoms with van der Waals surface area (Å²) < 4.78 is 0. The number of aryl methyl sites for hydroxylation is 1. The fraction of sp³-hybridized carbons (Fsp3) is 0.176. The summed E-state index contributed by atoms with van der Waals surface area (Å²) in [6.45, 7) is 3.93. The Labute approximate surface area is 124 Å². The first-order valence-corrected chi connectivity index (χ1v) is 6.76. The summed E-state index contributed by atoms with van der Waals surface area (Å²) in [5.41, 5.74) is 3.37. The van der Waals surface area contributed by atoms with Crippen LogP contribution in [0.15, 0.2) is 48.5 Å². The van der Waals surface area contributed by atoms with Gasteiger partial charge >= 0.3 is 0 Å². The van der Waals surface area contributed by atoms with E-state index in [0.29, 0.717) is 17.8 Å². The first-order chi connectivity index (χ1) is 10.0. The lowest BCUT2D eigenvalue weighted by molar-refractivity contribution is -0.114. The smallest absolute Gasteiger partial charge is 0.251 e. The van der Waals surface area contributed by atoms with Gasteiger partial charge in [-0.3, -0.25) is 9.59 Å². The van der Waals surface area contributed by atoms with Crippen molar-refractivity contribution in [2.45, 2.75) is 20.4 Å². The first-order valence-electron chi connectivity index (χ1n) is 6.76. The zero-order valence-corrected chi connectivity index (χ0v) is 12.1. The zero-order chi connectivity index (χ0) is 15.2. The third-order valence-corrected chi connectivity index (χ3v) is 3.02. The van der Waals surface area contributed by atoms with Crippen LogP contribution in [0.2, 0.25) is 0 Å². The second-order valence-electron chi connectivity index (χ2n) is 4.93. The molecule has 0 heterocycles. The summed E-state index contributed by atoms with van der Waals surface area (Å²) in [7, 11) is 0. The van der Waals surface area contributed by atoms with Gasteiger partial charge in [0.2, 0.25) is 5.91 Å². The Kier molecular flexibility index (Phi) is 4.72. The van der Waals surface area contributed by atoms with Crippen LogP contribution < -0.4 is 10.6 Å². The zero-order valence-electron chi connectivity index (χ0n) is 12.1. The van der Waals surface area contributed by atoms with Crippen molar-refractivity contribution in [3.8, 4) is 0 Å². The SMILES string of the molecule is CC(=O)Nc1cccc(C(=O)NCc2ccc(C)cc2)c1. The van der Waals surface area contributed by atoms with Crippen molar-refractivity contribution in [2.75, 3.05) is 5.32 Å². The van der Waals surface area contributed by atoms with E-state index in [4.69, 9.17) is 0 Å². The average molecular weight is 282 g/mol. The van der Waals surface area contributed by atoms with Crippen molar-refractivity contribution in [1.82, 2.24) is 5.32 Å². The molecule has 2 aromatic carbocycles. The number of carbonyl (C=O) groups is 2. The summed E-state index contributed by atoms with van der Waals surface area (Å²) in [5, 5.41) is 5.52. The van der Waals surface area contributed by atoms with Crippen molar-refractivity contribution in [2.24, 2.45) is 0 Å². The molecule has 0 spiro atoms. The van der Waals surface area contributed by atoms with E-state index in [-0.39, 0.29) is 11.8 Å². The Morgan fingerprint density at radius 3 is 2.43 bits per heavy atom. The molecule has 0 saturated heterocycles. The van der Waals surface area contributed by atoms with Crippen molar-refractivity contribution in [1.29, 1.82) is 0 Å². The number of benzene rings is 2. The number of nitrogens with one attached hydrogen (secondary N) is 2. The molecular weight excluding hydrogens is 264 g/mol. The van der Waals surface area contributed by atoms with Gasteiger partial charge in [-0.1, -0.05) is 35.9 Å². The third-order valence-electron chi connectivity index (χ3n) is 3.02. The van der Waals surface area contributed by atoms with E-state index in [2.05, 4.69) is 10.6 Å². The molecule has 21 heavy (non-hydrogen) atoms. The number of hydrogen-bond donors (Lipinski definition) is 2. The fourth-order valence-corrected chi connectivity index (χ4v) is 1.93. The molecule has 0 atom stereocenters. The summed E-state index contributed by atoms with van der Waals surface area (Å²) in [5.74, 6) is -0.324. The minimum absolute atomic E-state index is 0.160. The number of amides is 2. The van der Waals surface area contributed by atoms with E-state index >= 15 is 0 Å². The largest absolute Gasteiger partial charge is 0.348 e. The van der Waals surface area contributed by atoms with Gasteiger partial charge in [0.15, 0.2) is 0 Å². The van der Waals surface area contributed by atoms with Gasteiger partial charge in [-0.05, 0) is 30.7 Å². The fourth-order valence-electron chi connectivity index (χ4n) is 1.93. The predicted octanol–water partition coefficient (Wildman–Crippen LogP) is 2.88. The molecule has 0 aromatic heterocycles. The molecule has 0 aliphatic carbocycles. The first kappa shape index (κ1) is 14.8. The molecule has 2 amide bonds. The van der Waals surface area contributed by atoms with Gasteiger partial charge in [0, 0.05) is 24.7 Å². The van der Waals surface area contributed by atoms with E-state index in [9.17, 15) is 9.59 Å². The van der Waals surface area contributed by atoms with E-state index in [0.717, 1.165) is 5.56 Å². The molecule has 4 heteroatoms. The van der Waals surface area contributed by atoms with Crippen LogP contribution in [0.1, 0.15) is 28.4 Å². The van der Waals surface area contributed by atoms with Crippen molar-refractivity contribution in [3.05, 3.63) is 65.2 Å². The maximum atomic E-state index is 12.1. The van der Waals surface area contributed by atoms with Gasteiger partial charge < -0.3 is 10.6 Å². The van der Waals surface area contributed by atoms with Crippen LogP contribution >= 0.6 is 0 Å². The molecule has 0 radical (unpaired) electrons. The quantitative estimate of drug-likeness (QED) is 0.906. The summed E-state index contributed by atoms with van der Waals surface area (Å²) in [4.78, 5) is 23.1. The highest BCUT2D eigenvalue weighted by atomic mass is 16.2. The molecule has 0 aliphatic heterocycles. The molecule has 0 saturated carbocycles. The Morgan fingerprint density at radius 1 is 1.05 bits per heavy atom. The molecule has 2 aromatic rings. The molecular formula is C17H18N2O2. The predicted molar refractivity (Wildman–Crippen MR) is 83.1 cm³/mol. The van der Waals surface area contributed by atoms with Gasteiger partial charge in [-0.25, -0.2) is 0 Å². The second kappa shape index (κ2) is 6.70. The van der Waals surface area contributed by atoms with Gasteiger partial charge in [0.1, 0.15) is 0 Å². The molecule has 4 nitrogen and oxygen atoms in total. The van der Waals surface area contributed by atoms with Crippen LogP contribution in [0.5, 0.6) is 0 Å². The van der Waals surface area contributed by atoms with E-state index in [1.165, 1.54) is 12.5 Å². The Balaban J connectivity index is 1.99. The topological polar surface area (TPSA) is 58.2 Å². The van der Waals surface area contributed by atoms with Gasteiger partial charge in [-0.15, -0.1) is 0 Å². The van der Waals surface area contributed by atoms with Crippen LogP contribution in [0.25, 0.3) is 0 Å². The lowest BCUT2D eigenvalue weighted by atomic mass is 10.1. The summed E-state index contributed by atoms with van der Waals surface area (Å²) in [6.07, 6.45) is 0. The van der Waals surface area contributed by atoms with Crippen molar-refractivity contribution in [3.63, 3.8) is 0 Å². The van der Waals surface area contributed by atoms with Crippen molar-refractivity contribution >= 4 is 17.5 Å². The summed E-state index contributed by atoms with van der Waals surface area (Å²) >= 11 is 0. The number of carbonyl (C=O) groups excluding carboxylic acids is 2. The minimum atomic E-state index is -0.164. The van der Waals surface area contributed by atoms with Crippen LogP contribution in [0.3, 0.4) is 0 Å². The summed E-state index contributed by atoms with van der Waals surface area (Å²) in [6, 6.07) is 14.9. The average Bonchev–Trinajstić information content (AvgIpc) is 2.46. The lowest BCUT2D eigenvalue weighted by Gasteiger charge is -2.08. The molecule has 0 unspecified atom stereocenters.